The first kappa shape index (κ1) is 15.8. The lowest BCUT2D eigenvalue weighted by atomic mass is 10.0. The SMILES string of the molecule is Cc1cnc(Cl)c(NS(=O)(=O)CC(C)c2ccccc2)c1. The molecule has 1 atom stereocenters. The van der Waals surface area contributed by atoms with Gasteiger partial charge in [0, 0.05) is 6.20 Å². The van der Waals surface area contributed by atoms with Gasteiger partial charge < -0.3 is 0 Å². The minimum Gasteiger partial charge on any atom is -0.280 e. The Morgan fingerprint density at radius 1 is 1.29 bits per heavy atom. The molecule has 0 aliphatic heterocycles. The topological polar surface area (TPSA) is 59.1 Å². The van der Waals surface area contributed by atoms with Crippen molar-refractivity contribution in [1.29, 1.82) is 0 Å². The average molecular weight is 325 g/mol. The van der Waals surface area contributed by atoms with E-state index in [1.54, 1.807) is 12.3 Å². The lowest BCUT2D eigenvalue weighted by Gasteiger charge is -2.14. The van der Waals surface area contributed by atoms with Crippen LogP contribution in [0.5, 0.6) is 0 Å². The highest BCUT2D eigenvalue weighted by Crippen LogP contribution is 2.23. The summed E-state index contributed by atoms with van der Waals surface area (Å²) in [7, 11) is -3.50. The van der Waals surface area contributed by atoms with Crippen LogP contribution in [0.4, 0.5) is 5.69 Å². The van der Waals surface area contributed by atoms with Crippen LogP contribution in [0.1, 0.15) is 24.0 Å². The summed E-state index contributed by atoms with van der Waals surface area (Å²) in [6.07, 6.45) is 1.59. The first-order valence-electron chi connectivity index (χ1n) is 6.55. The summed E-state index contributed by atoms with van der Waals surface area (Å²) >= 11 is 5.92. The van der Waals surface area contributed by atoms with Gasteiger partial charge in [-0.3, -0.25) is 4.72 Å². The number of nitrogens with zero attached hydrogens (tertiary/aromatic N) is 1. The second-order valence-corrected chi connectivity index (χ2v) is 7.17. The maximum absolute atomic E-state index is 12.2. The molecule has 0 saturated heterocycles. The molecule has 0 spiro atoms. The summed E-state index contributed by atoms with van der Waals surface area (Å²) in [5.41, 5.74) is 2.14. The third kappa shape index (κ3) is 4.44. The lowest BCUT2D eigenvalue weighted by Crippen LogP contribution is -2.21. The molecule has 0 amide bonds. The van der Waals surface area contributed by atoms with E-state index in [-0.39, 0.29) is 16.8 Å². The minimum atomic E-state index is -3.50. The van der Waals surface area contributed by atoms with Crippen LogP contribution >= 0.6 is 11.6 Å². The molecule has 2 aromatic rings. The van der Waals surface area contributed by atoms with Gasteiger partial charge in [-0.15, -0.1) is 0 Å². The Labute approximate surface area is 130 Å². The third-order valence-corrected chi connectivity index (χ3v) is 4.85. The van der Waals surface area contributed by atoms with Crippen LogP contribution in [0.15, 0.2) is 42.6 Å². The molecule has 1 heterocycles. The number of aromatic nitrogens is 1. The van der Waals surface area contributed by atoms with Crippen LogP contribution in [0.3, 0.4) is 0 Å². The van der Waals surface area contributed by atoms with Crippen molar-refractivity contribution in [2.75, 3.05) is 10.5 Å². The van der Waals surface area contributed by atoms with Gasteiger partial charge in [-0.2, -0.15) is 0 Å². The van der Waals surface area contributed by atoms with Gasteiger partial charge in [-0.1, -0.05) is 48.9 Å². The molecule has 0 aliphatic rings. The monoisotopic (exact) mass is 324 g/mol. The summed E-state index contributed by atoms with van der Waals surface area (Å²) in [4.78, 5) is 3.94. The molecule has 0 radical (unpaired) electrons. The van der Waals surface area contributed by atoms with Crippen molar-refractivity contribution in [2.45, 2.75) is 19.8 Å². The summed E-state index contributed by atoms with van der Waals surface area (Å²) in [6.45, 7) is 3.71. The largest absolute Gasteiger partial charge is 0.280 e. The van der Waals surface area contributed by atoms with E-state index in [0.717, 1.165) is 11.1 Å². The number of nitrogens with one attached hydrogen (secondary N) is 1. The molecule has 6 heteroatoms. The highest BCUT2D eigenvalue weighted by molar-refractivity contribution is 7.92. The Balaban J connectivity index is 2.14. The molecule has 2 rings (SSSR count). The smallest absolute Gasteiger partial charge is 0.233 e. The Kier molecular flexibility index (Phi) is 4.85. The Morgan fingerprint density at radius 2 is 1.95 bits per heavy atom. The number of pyridine rings is 1. The number of sulfonamides is 1. The average Bonchev–Trinajstić information content (AvgIpc) is 2.43. The molecule has 1 aromatic carbocycles. The fourth-order valence-electron chi connectivity index (χ4n) is 2.04. The third-order valence-electron chi connectivity index (χ3n) is 3.08. The lowest BCUT2D eigenvalue weighted by molar-refractivity contribution is 0.595. The number of rotatable bonds is 5. The van der Waals surface area contributed by atoms with Crippen LogP contribution in [-0.2, 0) is 10.0 Å². The number of anilines is 1. The second-order valence-electron chi connectivity index (χ2n) is 5.05. The number of halogens is 1. The Morgan fingerprint density at radius 3 is 2.62 bits per heavy atom. The molecule has 0 saturated carbocycles. The van der Waals surface area contributed by atoms with Crippen molar-refractivity contribution in [3.05, 3.63) is 58.9 Å². The summed E-state index contributed by atoms with van der Waals surface area (Å²) in [5.74, 6) is -0.124. The van der Waals surface area contributed by atoms with Crippen molar-refractivity contribution in [3.63, 3.8) is 0 Å². The summed E-state index contributed by atoms with van der Waals surface area (Å²) < 4.78 is 27.0. The quantitative estimate of drug-likeness (QED) is 0.855. The zero-order valence-corrected chi connectivity index (χ0v) is 13.4. The van der Waals surface area contributed by atoms with Gasteiger partial charge in [0.05, 0.1) is 11.4 Å². The van der Waals surface area contributed by atoms with E-state index in [1.165, 1.54) is 0 Å². The van der Waals surface area contributed by atoms with E-state index in [1.807, 2.05) is 44.2 Å². The molecule has 0 fully saturated rings. The number of aryl methyl sites for hydroxylation is 1. The van der Waals surface area contributed by atoms with Gasteiger partial charge in [-0.05, 0) is 30.0 Å². The zero-order valence-electron chi connectivity index (χ0n) is 11.9. The van der Waals surface area contributed by atoms with Crippen LogP contribution in [0.25, 0.3) is 0 Å². The van der Waals surface area contributed by atoms with E-state index in [2.05, 4.69) is 9.71 Å². The van der Waals surface area contributed by atoms with Crippen LogP contribution in [0.2, 0.25) is 5.15 Å². The van der Waals surface area contributed by atoms with E-state index in [9.17, 15) is 8.42 Å². The van der Waals surface area contributed by atoms with Gasteiger partial charge >= 0.3 is 0 Å². The molecule has 0 aliphatic carbocycles. The van der Waals surface area contributed by atoms with E-state index in [0.29, 0.717) is 5.69 Å². The molecule has 4 nitrogen and oxygen atoms in total. The standard InChI is InChI=1S/C15H17ClN2O2S/c1-11-8-14(15(16)17-9-11)18-21(19,20)10-12(2)13-6-4-3-5-7-13/h3-9,12,18H,10H2,1-2H3. The van der Waals surface area contributed by atoms with Crippen molar-refractivity contribution in [1.82, 2.24) is 4.98 Å². The second kappa shape index (κ2) is 6.45. The van der Waals surface area contributed by atoms with Crippen molar-refractivity contribution in [2.24, 2.45) is 0 Å². The van der Waals surface area contributed by atoms with Crippen LogP contribution in [0, 0.1) is 6.92 Å². The Hall–Kier alpha value is -1.59. The van der Waals surface area contributed by atoms with Gasteiger partial charge in [-0.25, -0.2) is 13.4 Å². The van der Waals surface area contributed by atoms with Crippen LogP contribution < -0.4 is 4.72 Å². The van der Waals surface area contributed by atoms with Crippen molar-refractivity contribution >= 4 is 27.3 Å². The summed E-state index contributed by atoms with van der Waals surface area (Å²) in [5, 5.41) is 0.150. The van der Waals surface area contributed by atoms with Crippen LogP contribution in [-0.4, -0.2) is 19.2 Å². The first-order chi connectivity index (χ1) is 9.87. The highest BCUT2D eigenvalue weighted by Gasteiger charge is 2.18. The maximum atomic E-state index is 12.2. The maximum Gasteiger partial charge on any atom is 0.233 e. The van der Waals surface area contributed by atoms with Crippen molar-refractivity contribution < 1.29 is 8.42 Å². The fraction of sp³-hybridized carbons (Fsp3) is 0.267. The van der Waals surface area contributed by atoms with E-state index >= 15 is 0 Å². The minimum absolute atomic E-state index is 0.0126. The van der Waals surface area contributed by atoms with Crippen molar-refractivity contribution in [3.8, 4) is 0 Å². The number of benzene rings is 1. The zero-order chi connectivity index (χ0) is 15.5. The molecule has 1 N–H and O–H groups in total. The summed E-state index contributed by atoms with van der Waals surface area (Å²) in [6, 6.07) is 11.2. The molecule has 1 aromatic heterocycles. The molecular weight excluding hydrogens is 308 g/mol. The molecule has 0 bridgehead atoms. The molecular formula is C15H17ClN2O2S. The first-order valence-corrected chi connectivity index (χ1v) is 8.58. The van der Waals surface area contributed by atoms with Gasteiger partial charge in [0.25, 0.3) is 0 Å². The normalized spacial score (nSPS) is 12.9. The molecule has 112 valence electrons. The predicted octanol–water partition coefficient (Wildman–Crippen LogP) is 3.59. The number of hydrogen-bond acceptors (Lipinski definition) is 3. The molecule has 21 heavy (non-hydrogen) atoms. The van der Waals surface area contributed by atoms with Gasteiger partial charge in [0.2, 0.25) is 10.0 Å². The molecule has 1 unspecified atom stereocenters. The van der Waals surface area contributed by atoms with Gasteiger partial charge in [0.1, 0.15) is 0 Å². The predicted molar refractivity (Wildman–Crippen MR) is 86.3 cm³/mol. The Bertz CT molecular complexity index is 718. The number of hydrogen-bond donors (Lipinski definition) is 1. The highest BCUT2D eigenvalue weighted by atomic mass is 35.5. The van der Waals surface area contributed by atoms with E-state index < -0.39 is 10.0 Å². The van der Waals surface area contributed by atoms with E-state index in [4.69, 9.17) is 11.6 Å². The van der Waals surface area contributed by atoms with Gasteiger partial charge in [0.15, 0.2) is 5.15 Å². The fourth-order valence-corrected chi connectivity index (χ4v) is 3.67.